The number of nitriles is 2. The lowest BCUT2D eigenvalue weighted by Gasteiger charge is -2.15. The van der Waals surface area contributed by atoms with Crippen molar-refractivity contribution in [3.63, 3.8) is 0 Å². The van der Waals surface area contributed by atoms with Gasteiger partial charge in [0.15, 0.2) is 0 Å². The number of thiophene rings is 1. The monoisotopic (exact) mass is 552 g/mol. The van der Waals surface area contributed by atoms with Crippen LogP contribution >= 0.6 is 11.3 Å². The van der Waals surface area contributed by atoms with Crippen molar-refractivity contribution >= 4 is 53.4 Å². The summed E-state index contributed by atoms with van der Waals surface area (Å²) in [5.41, 5.74) is 8.18. The molecule has 0 saturated heterocycles. The maximum atomic E-state index is 10.7. The summed E-state index contributed by atoms with van der Waals surface area (Å²) >= 11 is 1.74. The molecule has 0 amide bonds. The number of para-hydroxylation sites is 1. The van der Waals surface area contributed by atoms with E-state index in [9.17, 15) is 10.5 Å². The molecule has 0 aliphatic rings. The van der Waals surface area contributed by atoms with Gasteiger partial charge in [-0.2, -0.15) is 10.5 Å². The summed E-state index contributed by atoms with van der Waals surface area (Å²) in [6, 6.07) is 45.5. The van der Waals surface area contributed by atoms with Crippen molar-refractivity contribution in [3.05, 3.63) is 132 Å². The van der Waals surface area contributed by atoms with Gasteiger partial charge in [0.2, 0.25) is 0 Å². The molecule has 0 aliphatic heterocycles. The highest BCUT2D eigenvalue weighted by Gasteiger charge is 2.20. The molecule has 0 fully saturated rings. The van der Waals surface area contributed by atoms with Crippen LogP contribution in [0.5, 0.6) is 0 Å². The molecule has 0 N–H and O–H groups in total. The fraction of sp³-hybridized carbons (Fsp3) is 0. The first-order chi connectivity index (χ1) is 20.7. The molecule has 6 aromatic carbocycles. The molecule has 0 aliphatic carbocycles. The van der Waals surface area contributed by atoms with Gasteiger partial charge in [0.05, 0.1) is 17.2 Å². The fourth-order valence-corrected chi connectivity index (χ4v) is 7.27. The molecule has 0 unspecified atom stereocenters. The van der Waals surface area contributed by atoms with Gasteiger partial charge in [-0.1, -0.05) is 78.9 Å². The van der Waals surface area contributed by atoms with Gasteiger partial charge in [-0.3, -0.25) is 0 Å². The van der Waals surface area contributed by atoms with Crippen LogP contribution < -0.4 is 0 Å². The van der Waals surface area contributed by atoms with E-state index >= 15 is 0 Å². The van der Waals surface area contributed by atoms with Crippen LogP contribution in [0.4, 0.5) is 0 Å². The molecule has 42 heavy (non-hydrogen) atoms. The highest BCUT2D eigenvalue weighted by atomic mass is 32.1. The highest BCUT2D eigenvalue weighted by Crippen LogP contribution is 2.44. The van der Waals surface area contributed by atoms with Crippen LogP contribution in [-0.4, -0.2) is 0 Å². The van der Waals surface area contributed by atoms with E-state index in [0.29, 0.717) is 11.1 Å². The van der Waals surface area contributed by atoms with E-state index in [1.165, 1.54) is 15.5 Å². The third-order valence-corrected chi connectivity index (χ3v) is 9.21. The van der Waals surface area contributed by atoms with E-state index in [4.69, 9.17) is 4.42 Å². The zero-order chi connectivity index (χ0) is 28.2. The first-order valence-electron chi connectivity index (χ1n) is 13.6. The number of hydrogen-bond acceptors (Lipinski definition) is 4. The summed E-state index contributed by atoms with van der Waals surface area (Å²) in [6.07, 6.45) is 0. The van der Waals surface area contributed by atoms with Gasteiger partial charge in [0.25, 0.3) is 0 Å². The first kappa shape index (κ1) is 24.1. The molecule has 0 radical (unpaired) electrons. The summed E-state index contributed by atoms with van der Waals surface area (Å²) in [5, 5.41) is 25.1. The van der Waals surface area contributed by atoms with Crippen LogP contribution in [0, 0.1) is 22.7 Å². The molecule has 0 atom stereocenters. The summed E-state index contributed by atoms with van der Waals surface area (Å²) in [5.74, 6) is 0. The quantitative estimate of drug-likeness (QED) is 0.219. The number of fused-ring (bicyclic) bond motifs is 6. The molecular weight excluding hydrogens is 532 g/mol. The van der Waals surface area contributed by atoms with Crippen LogP contribution in [0.2, 0.25) is 0 Å². The van der Waals surface area contributed by atoms with Crippen LogP contribution in [-0.2, 0) is 0 Å². The highest BCUT2D eigenvalue weighted by molar-refractivity contribution is 7.26. The average molecular weight is 553 g/mol. The third kappa shape index (κ3) is 3.64. The van der Waals surface area contributed by atoms with Crippen LogP contribution in [0.3, 0.4) is 0 Å². The van der Waals surface area contributed by atoms with Crippen molar-refractivity contribution in [3.8, 4) is 45.5 Å². The van der Waals surface area contributed by atoms with Gasteiger partial charge in [-0.05, 0) is 59.2 Å². The maximum Gasteiger partial charge on any atom is 0.135 e. The Morgan fingerprint density at radius 3 is 2.10 bits per heavy atom. The Morgan fingerprint density at radius 1 is 0.500 bits per heavy atom. The smallest absolute Gasteiger partial charge is 0.135 e. The summed E-state index contributed by atoms with van der Waals surface area (Å²) < 4.78 is 8.45. The second-order valence-electron chi connectivity index (χ2n) is 10.3. The lowest BCUT2D eigenvalue weighted by molar-refractivity contribution is 0.669. The predicted molar refractivity (Wildman–Crippen MR) is 172 cm³/mol. The van der Waals surface area contributed by atoms with E-state index in [0.717, 1.165) is 60.0 Å². The molecule has 2 aromatic heterocycles. The average Bonchev–Trinajstić information content (AvgIpc) is 3.62. The summed E-state index contributed by atoms with van der Waals surface area (Å²) in [6.45, 7) is 0. The molecule has 0 saturated carbocycles. The number of nitrogens with zero attached hydrogens (tertiary/aromatic N) is 2. The van der Waals surface area contributed by atoms with Crippen molar-refractivity contribution < 1.29 is 4.42 Å². The number of rotatable bonds is 3. The number of benzene rings is 6. The van der Waals surface area contributed by atoms with Crippen molar-refractivity contribution in [1.29, 1.82) is 10.5 Å². The van der Waals surface area contributed by atoms with E-state index in [2.05, 4.69) is 72.8 Å². The molecule has 8 rings (SSSR count). The lowest BCUT2D eigenvalue weighted by Crippen LogP contribution is -1.94. The van der Waals surface area contributed by atoms with Crippen molar-refractivity contribution in [1.82, 2.24) is 0 Å². The van der Waals surface area contributed by atoms with Gasteiger partial charge in [0, 0.05) is 47.6 Å². The minimum absolute atomic E-state index is 0.593. The van der Waals surface area contributed by atoms with Gasteiger partial charge < -0.3 is 4.42 Å². The normalized spacial score (nSPS) is 11.3. The Balaban J connectivity index is 1.47. The fourth-order valence-electron chi connectivity index (χ4n) is 6.04. The molecule has 0 bridgehead atoms. The van der Waals surface area contributed by atoms with Gasteiger partial charge >= 0.3 is 0 Å². The molecule has 0 spiro atoms. The standard InChI is InChI=1S/C38H20N2OS/c39-21-24-8-1-2-9-26(24)25-19-31(23-16-17-36-33(18-23)27-10-3-5-14-35(27)41-36)34(22-40)32(20-25)30-13-7-12-29-28-11-4-6-15-37(28)42-38(29)30/h1-20H. The maximum absolute atomic E-state index is 10.7. The Hall–Kier alpha value is -5.68. The topological polar surface area (TPSA) is 60.7 Å². The molecule has 4 heteroatoms. The van der Waals surface area contributed by atoms with E-state index in [1.807, 2.05) is 60.7 Å². The van der Waals surface area contributed by atoms with Gasteiger partial charge in [-0.25, -0.2) is 0 Å². The largest absolute Gasteiger partial charge is 0.456 e. The molecule has 194 valence electrons. The van der Waals surface area contributed by atoms with Crippen LogP contribution in [0.15, 0.2) is 126 Å². The van der Waals surface area contributed by atoms with E-state index < -0.39 is 0 Å². The minimum atomic E-state index is 0.593. The van der Waals surface area contributed by atoms with E-state index in [1.54, 1.807) is 11.3 Å². The van der Waals surface area contributed by atoms with Gasteiger partial charge in [-0.15, -0.1) is 11.3 Å². The molecule has 3 nitrogen and oxygen atoms in total. The zero-order valence-corrected chi connectivity index (χ0v) is 23.1. The van der Waals surface area contributed by atoms with Crippen LogP contribution in [0.1, 0.15) is 11.1 Å². The Morgan fingerprint density at radius 2 is 1.21 bits per heavy atom. The van der Waals surface area contributed by atoms with Crippen molar-refractivity contribution in [2.24, 2.45) is 0 Å². The van der Waals surface area contributed by atoms with Gasteiger partial charge in [0.1, 0.15) is 17.2 Å². The Kier molecular flexibility index (Phi) is 5.44. The molecule has 8 aromatic rings. The van der Waals surface area contributed by atoms with Crippen molar-refractivity contribution in [2.75, 3.05) is 0 Å². The second kappa shape index (κ2) is 9.46. The second-order valence-corrected chi connectivity index (χ2v) is 11.4. The molecule has 2 heterocycles. The first-order valence-corrected chi connectivity index (χ1v) is 14.4. The number of hydrogen-bond donors (Lipinski definition) is 0. The van der Waals surface area contributed by atoms with Crippen molar-refractivity contribution in [2.45, 2.75) is 0 Å². The predicted octanol–water partition coefficient (Wildman–Crippen LogP) is 10.7. The van der Waals surface area contributed by atoms with Crippen LogP contribution in [0.25, 0.3) is 75.5 Å². The summed E-state index contributed by atoms with van der Waals surface area (Å²) in [4.78, 5) is 0. The minimum Gasteiger partial charge on any atom is -0.456 e. The molecular formula is C38H20N2OS. The summed E-state index contributed by atoms with van der Waals surface area (Å²) in [7, 11) is 0. The SMILES string of the molecule is N#Cc1ccccc1-c1cc(-c2ccc3oc4ccccc4c3c2)c(C#N)c(-c2cccc3c2sc2ccccc23)c1. The lowest BCUT2D eigenvalue weighted by atomic mass is 9.87. The Labute approximate surface area is 245 Å². The Bertz CT molecular complexity index is 2450. The van der Waals surface area contributed by atoms with E-state index in [-0.39, 0.29) is 0 Å². The number of furan rings is 1. The zero-order valence-electron chi connectivity index (χ0n) is 22.3. The third-order valence-electron chi connectivity index (χ3n) is 7.99.